The number of aryl methyl sites for hydroxylation is 2. The van der Waals surface area contributed by atoms with Crippen molar-refractivity contribution in [1.29, 1.82) is 0 Å². The fourth-order valence-corrected chi connectivity index (χ4v) is 4.52. The number of carbonyl (C=O) groups excluding carboxylic acids is 1. The van der Waals surface area contributed by atoms with Gasteiger partial charge >= 0.3 is 12.1 Å². The van der Waals surface area contributed by atoms with Crippen molar-refractivity contribution in [1.82, 2.24) is 20.0 Å². The number of piperidine rings is 1. The maximum absolute atomic E-state index is 12.2. The number of alkyl halides is 3. The molecular weight excluding hydrogens is 437 g/mol. The molecule has 2 aromatic rings. The van der Waals surface area contributed by atoms with E-state index in [1.807, 2.05) is 7.05 Å². The molecule has 33 heavy (non-hydrogen) atoms. The number of nitrogens with one attached hydrogen (secondary N) is 1. The van der Waals surface area contributed by atoms with Crippen LogP contribution in [0.5, 0.6) is 0 Å². The molecule has 2 heterocycles. The summed E-state index contributed by atoms with van der Waals surface area (Å²) < 4.78 is 33.4. The highest BCUT2D eigenvalue weighted by molar-refractivity contribution is 5.93. The predicted molar refractivity (Wildman–Crippen MR) is 116 cm³/mol. The minimum atomic E-state index is -5.08. The lowest BCUT2D eigenvalue weighted by molar-refractivity contribution is -0.192. The van der Waals surface area contributed by atoms with Crippen LogP contribution in [0.3, 0.4) is 0 Å². The Balaban J connectivity index is 0.000000383. The van der Waals surface area contributed by atoms with Gasteiger partial charge < -0.3 is 10.4 Å². The van der Waals surface area contributed by atoms with E-state index >= 15 is 0 Å². The highest BCUT2D eigenvalue weighted by atomic mass is 19.4. The summed E-state index contributed by atoms with van der Waals surface area (Å²) >= 11 is 0. The van der Waals surface area contributed by atoms with Gasteiger partial charge in [-0.25, -0.2) is 4.79 Å². The van der Waals surface area contributed by atoms with Crippen molar-refractivity contribution >= 4 is 11.9 Å². The highest BCUT2D eigenvalue weighted by Gasteiger charge is 2.46. The lowest BCUT2D eigenvalue weighted by atomic mass is 9.60. The molecule has 1 aliphatic heterocycles. The molecule has 1 saturated heterocycles. The topological polar surface area (TPSA) is 87.5 Å². The number of hydrogen-bond acceptors (Lipinski definition) is 4. The Morgan fingerprint density at radius 1 is 1.21 bits per heavy atom. The number of nitrogens with zero attached hydrogens (tertiary/aromatic N) is 3. The summed E-state index contributed by atoms with van der Waals surface area (Å²) in [4.78, 5) is 23.7. The third kappa shape index (κ3) is 6.56. The zero-order chi connectivity index (χ0) is 24.2. The van der Waals surface area contributed by atoms with Gasteiger partial charge in [0.25, 0.3) is 5.91 Å². The Hall–Kier alpha value is -2.88. The van der Waals surface area contributed by atoms with E-state index in [0.29, 0.717) is 17.0 Å². The Labute approximate surface area is 190 Å². The number of aromatic nitrogens is 2. The smallest absolute Gasteiger partial charge is 0.475 e. The first-order valence-corrected chi connectivity index (χ1v) is 10.8. The summed E-state index contributed by atoms with van der Waals surface area (Å²) in [5, 5.41) is 14.4. The summed E-state index contributed by atoms with van der Waals surface area (Å²) in [6.45, 7) is 5.58. The molecule has 1 saturated carbocycles. The minimum absolute atomic E-state index is 0.00920. The second kappa shape index (κ2) is 9.94. The summed E-state index contributed by atoms with van der Waals surface area (Å²) in [7, 11) is 1.83. The van der Waals surface area contributed by atoms with E-state index in [4.69, 9.17) is 9.90 Å². The number of amides is 1. The average Bonchev–Trinajstić information content (AvgIpc) is 3.16. The number of carboxylic acid groups (broad SMARTS) is 1. The van der Waals surface area contributed by atoms with Gasteiger partial charge in [-0.1, -0.05) is 24.3 Å². The first kappa shape index (κ1) is 24.8. The standard InChI is InChI=1S/C21H28N4O.C2HF3O2/c1-16-5-3-4-6-17(16)15-25-9-7-21(8-10-25)11-19(12-21)23-20(26)18-13-22-24(2)14-18;3-2(4,5)1(6)7/h3-6,13-14,19H,7-12,15H2,1-2H3,(H,23,26);(H,6,7). The zero-order valence-electron chi connectivity index (χ0n) is 18.7. The van der Waals surface area contributed by atoms with Crippen molar-refractivity contribution < 1.29 is 27.9 Å². The van der Waals surface area contributed by atoms with Crippen LogP contribution in [0.4, 0.5) is 13.2 Å². The first-order chi connectivity index (χ1) is 15.5. The molecule has 180 valence electrons. The molecular formula is C23H29F3N4O3. The normalized spacial score (nSPS) is 18.2. The van der Waals surface area contributed by atoms with E-state index in [2.05, 4.69) is 46.5 Å². The van der Waals surface area contributed by atoms with Crippen molar-refractivity contribution in [3.8, 4) is 0 Å². The van der Waals surface area contributed by atoms with Crippen LogP contribution in [0.25, 0.3) is 0 Å². The molecule has 1 aromatic heterocycles. The molecule has 0 bridgehead atoms. The minimum Gasteiger partial charge on any atom is -0.475 e. The average molecular weight is 467 g/mol. The molecule has 1 aromatic carbocycles. The van der Waals surface area contributed by atoms with Gasteiger partial charge in [-0.15, -0.1) is 0 Å². The zero-order valence-corrected chi connectivity index (χ0v) is 18.7. The second-order valence-corrected chi connectivity index (χ2v) is 8.99. The summed E-state index contributed by atoms with van der Waals surface area (Å²) in [5.74, 6) is -2.75. The third-order valence-electron chi connectivity index (χ3n) is 6.48. The van der Waals surface area contributed by atoms with Gasteiger partial charge in [0.15, 0.2) is 0 Å². The SMILES string of the molecule is Cc1ccccc1CN1CCC2(CC1)CC(NC(=O)c1cnn(C)c1)C2.O=C(O)C(F)(F)F. The monoisotopic (exact) mass is 466 g/mol. The van der Waals surface area contributed by atoms with Crippen LogP contribution in [0.2, 0.25) is 0 Å². The molecule has 7 nitrogen and oxygen atoms in total. The molecule has 4 rings (SSSR count). The van der Waals surface area contributed by atoms with E-state index in [0.717, 1.165) is 32.5 Å². The van der Waals surface area contributed by atoms with Crippen LogP contribution < -0.4 is 5.32 Å². The van der Waals surface area contributed by atoms with E-state index in [1.165, 1.54) is 24.0 Å². The lowest BCUT2D eigenvalue weighted by Gasteiger charge is -2.52. The van der Waals surface area contributed by atoms with Gasteiger partial charge in [0, 0.05) is 25.8 Å². The second-order valence-electron chi connectivity index (χ2n) is 8.99. The fourth-order valence-electron chi connectivity index (χ4n) is 4.52. The van der Waals surface area contributed by atoms with E-state index in [9.17, 15) is 18.0 Å². The number of rotatable bonds is 4. The molecule has 1 spiro atoms. The van der Waals surface area contributed by atoms with Gasteiger partial charge in [0.05, 0.1) is 11.8 Å². The Morgan fingerprint density at radius 3 is 2.33 bits per heavy atom. The molecule has 0 atom stereocenters. The van der Waals surface area contributed by atoms with Crippen LogP contribution in [0, 0.1) is 12.3 Å². The quantitative estimate of drug-likeness (QED) is 0.720. The third-order valence-corrected chi connectivity index (χ3v) is 6.48. The van der Waals surface area contributed by atoms with Crippen LogP contribution >= 0.6 is 0 Å². The van der Waals surface area contributed by atoms with Crippen LogP contribution in [0.15, 0.2) is 36.7 Å². The Bertz CT molecular complexity index is 973. The van der Waals surface area contributed by atoms with Gasteiger partial charge in [0.2, 0.25) is 0 Å². The highest BCUT2D eigenvalue weighted by Crippen LogP contribution is 2.49. The number of halogens is 3. The Kier molecular flexibility index (Phi) is 7.46. The van der Waals surface area contributed by atoms with Crippen LogP contribution in [0.1, 0.15) is 47.2 Å². The number of carbonyl (C=O) groups is 2. The molecule has 1 amide bonds. The van der Waals surface area contributed by atoms with Crippen molar-refractivity contribution in [3.63, 3.8) is 0 Å². The van der Waals surface area contributed by atoms with E-state index in [-0.39, 0.29) is 5.91 Å². The Morgan fingerprint density at radius 2 is 1.82 bits per heavy atom. The van der Waals surface area contributed by atoms with Gasteiger partial charge in [-0.2, -0.15) is 18.3 Å². The summed E-state index contributed by atoms with van der Waals surface area (Å²) in [5.41, 5.74) is 3.93. The fraction of sp³-hybridized carbons (Fsp3) is 0.522. The van der Waals surface area contributed by atoms with Crippen molar-refractivity contribution in [2.45, 2.75) is 51.4 Å². The summed E-state index contributed by atoms with van der Waals surface area (Å²) in [6, 6.07) is 9.01. The number of carboxylic acids is 1. The largest absolute Gasteiger partial charge is 0.490 e. The number of benzene rings is 1. The molecule has 2 N–H and O–H groups in total. The van der Waals surface area contributed by atoms with Crippen molar-refractivity contribution in [3.05, 3.63) is 53.3 Å². The molecule has 0 radical (unpaired) electrons. The van der Waals surface area contributed by atoms with E-state index in [1.54, 1.807) is 17.1 Å². The summed E-state index contributed by atoms with van der Waals surface area (Å²) in [6.07, 6.45) is 3.06. The number of likely N-dealkylation sites (tertiary alicyclic amines) is 1. The van der Waals surface area contributed by atoms with E-state index < -0.39 is 12.1 Å². The van der Waals surface area contributed by atoms with Crippen molar-refractivity contribution in [2.75, 3.05) is 13.1 Å². The van der Waals surface area contributed by atoms with Gasteiger partial charge in [-0.05, 0) is 62.2 Å². The lowest BCUT2D eigenvalue weighted by Crippen LogP contribution is -2.54. The number of hydrogen-bond donors (Lipinski definition) is 2. The first-order valence-electron chi connectivity index (χ1n) is 10.8. The number of aliphatic carboxylic acids is 1. The van der Waals surface area contributed by atoms with Gasteiger partial charge in [0.1, 0.15) is 0 Å². The molecule has 1 aliphatic carbocycles. The molecule has 2 aliphatic rings. The van der Waals surface area contributed by atoms with Crippen molar-refractivity contribution in [2.24, 2.45) is 12.5 Å². The maximum Gasteiger partial charge on any atom is 0.490 e. The molecule has 10 heteroatoms. The predicted octanol–water partition coefficient (Wildman–Crippen LogP) is 3.54. The molecule has 0 unspecified atom stereocenters. The van der Waals surface area contributed by atoms with Crippen LogP contribution in [-0.4, -0.2) is 57.0 Å². The maximum atomic E-state index is 12.2. The van der Waals surface area contributed by atoms with Crippen LogP contribution in [-0.2, 0) is 18.4 Å². The molecule has 2 fully saturated rings. The van der Waals surface area contributed by atoms with Gasteiger partial charge in [-0.3, -0.25) is 14.4 Å².